The molecule has 0 bridgehead atoms. The molecule has 2 aromatic carbocycles. The van der Waals surface area contributed by atoms with Crippen molar-refractivity contribution in [2.45, 2.75) is 6.42 Å². The number of carbonyl (C=O) groups excluding carboxylic acids is 2. The molecule has 10 nitrogen and oxygen atoms in total. The van der Waals surface area contributed by atoms with Crippen LogP contribution in [0.5, 0.6) is 0 Å². The van der Waals surface area contributed by atoms with Crippen LogP contribution >= 0.6 is 0 Å². The van der Waals surface area contributed by atoms with Gasteiger partial charge in [0.25, 0.3) is 17.5 Å². The summed E-state index contributed by atoms with van der Waals surface area (Å²) in [6.07, 6.45) is 0.112. The van der Waals surface area contributed by atoms with Crippen LogP contribution < -0.4 is 0 Å². The number of rotatable bonds is 5. The predicted octanol–water partition coefficient (Wildman–Crippen LogP) is 1.55. The van der Waals surface area contributed by atoms with Crippen LogP contribution in [0.25, 0.3) is 5.69 Å². The van der Waals surface area contributed by atoms with Crippen molar-refractivity contribution in [1.82, 2.24) is 25.1 Å². The van der Waals surface area contributed by atoms with Gasteiger partial charge in [-0.15, -0.1) is 15.0 Å². The molecule has 11 heteroatoms. The number of halogens is 1. The number of amides is 2. The highest BCUT2D eigenvalue weighted by Gasteiger charge is 2.34. The molecule has 3 aromatic rings. The molecule has 0 saturated heterocycles. The van der Waals surface area contributed by atoms with E-state index in [9.17, 15) is 24.1 Å². The van der Waals surface area contributed by atoms with E-state index >= 15 is 0 Å². The smallest absolute Gasteiger partial charge is 0.274 e. The number of tetrazole rings is 1. The first-order chi connectivity index (χ1) is 13.5. The molecule has 1 aliphatic heterocycles. The van der Waals surface area contributed by atoms with E-state index in [1.165, 1.54) is 6.07 Å². The van der Waals surface area contributed by atoms with Gasteiger partial charge in [-0.05, 0) is 29.5 Å². The van der Waals surface area contributed by atoms with Gasteiger partial charge in [0, 0.05) is 13.0 Å². The summed E-state index contributed by atoms with van der Waals surface area (Å²) in [5, 5.41) is 22.7. The Morgan fingerprint density at radius 2 is 1.75 bits per heavy atom. The molecule has 0 aliphatic carbocycles. The highest BCUT2D eigenvalue weighted by molar-refractivity contribution is 6.21. The fourth-order valence-electron chi connectivity index (χ4n) is 2.91. The quantitative estimate of drug-likeness (QED) is 0.372. The number of nitro groups is 1. The maximum absolute atomic E-state index is 13.3. The van der Waals surface area contributed by atoms with Gasteiger partial charge in [-0.3, -0.25) is 24.6 Å². The number of hydrogen-bond donors (Lipinski definition) is 0. The fraction of sp³-hybridized carbons (Fsp3) is 0.118. The number of nitro benzene ring substituents is 1. The minimum absolute atomic E-state index is 0.0313. The normalized spacial score (nSPS) is 13.1. The number of hydrogen-bond acceptors (Lipinski definition) is 7. The summed E-state index contributed by atoms with van der Waals surface area (Å²) >= 11 is 0. The predicted molar refractivity (Wildman–Crippen MR) is 91.3 cm³/mol. The van der Waals surface area contributed by atoms with Crippen molar-refractivity contribution in [1.29, 1.82) is 0 Å². The summed E-state index contributed by atoms with van der Waals surface area (Å²) in [5.41, 5.74) is 0.118. The van der Waals surface area contributed by atoms with Crippen LogP contribution in [0.4, 0.5) is 10.1 Å². The second-order valence-corrected chi connectivity index (χ2v) is 5.94. The Morgan fingerprint density at radius 3 is 2.39 bits per heavy atom. The van der Waals surface area contributed by atoms with Crippen molar-refractivity contribution in [3.8, 4) is 5.69 Å². The Morgan fingerprint density at radius 1 is 1.07 bits per heavy atom. The third-order valence-electron chi connectivity index (χ3n) is 4.24. The minimum Gasteiger partial charge on any atom is -0.274 e. The van der Waals surface area contributed by atoms with Gasteiger partial charge in [-0.25, -0.2) is 4.39 Å². The van der Waals surface area contributed by atoms with Gasteiger partial charge in [0.15, 0.2) is 11.5 Å². The van der Waals surface area contributed by atoms with Gasteiger partial charge in [-0.2, -0.15) is 0 Å². The zero-order valence-corrected chi connectivity index (χ0v) is 14.1. The van der Waals surface area contributed by atoms with Crippen molar-refractivity contribution in [3.63, 3.8) is 0 Å². The molecule has 2 heterocycles. The summed E-state index contributed by atoms with van der Waals surface area (Å²) in [6, 6.07) is 9.49. The molecule has 2 amide bonds. The molecule has 0 radical (unpaired) electrons. The third kappa shape index (κ3) is 2.88. The van der Waals surface area contributed by atoms with Crippen molar-refractivity contribution in [3.05, 3.63) is 75.3 Å². The average Bonchev–Trinajstić information content (AvgIpc) is 3.24. The first-order valence-corrected chi connectivity index (χ1v) is 8.14. The number of benzene rings is 2. The molecule has 28 heavy (non-hydrogen) atoms. The first-order valence-electron chi connectivity index (χ1n) is 8.14. The van der Waals surface area contributed by atoms with E-state index in [-0.39, 0.29) is 24.5 Å². The number of nitrogens with zero attached hydrogens (tertiary/aromatic N) is 6. The molecule has 4 rings (SSSR count). The Labute approximate surface area is 156 Å². The lowest BCUT2D eigenvalue weighted by Gasteiger charge is -2.11. The van der Waals surface area contributed by atoms with Crippen LogP contribution in [-0.4, -0.2) is 48.4 Å². The van der Waals surface area contributed by atoms with E-state index in [1.807, 2.05) is 0 Å². The van der Waals surface area contributed by atoms with E-state index in [1.54, 1.807) is 24.3 Å². The minimum atomic E-state index is -0.763. The Kier molecular flexibility index (Phi) is 4.11. The largest absolute Gasteiger partial charge is 0.299 e. The monoisotopic (exact) mass is 382 g/mol. The van der Waals surface area contributed by atoms with Crippen LogP contribution in [0.15, 0.2) is 42.5 Å². The SMILES string of the molecule is O=C1c2ccccc2C(=O)N1CCc1nnn(-c2ccc(F)cc2[N+](=O)[O-])n1. The second kappa shape index (κ2) is 6.61. The van der Waals surface area contributed by atoms with E-state index in [0.717, 1.165) is 21.8 Å². The summed E-state index contributed by atoms with van der Waals surface area (Å²) in [6.45, 7) is 0.0313. The molecule has 1 aromatic heterocycles. The number of fused-ring (bicyclic) bond motifs is 1. The van der Waals surface area contributed by atoms with E-state index < -0.39 is 28.2 Å². The molecule has 0 N–H and O–H groups in total. The fourth-order valence-corrected chi connectivity index (χ4v) is 2.91. The molecular weight excluding hydrogens is 371 g/mol. The molecule has 140 valence electrons. The van der Waals surface area contributed by atoms with Crippen LogP contribution in [0, 0.1) is 15.9 Å². The maximum Gasteiger partial charge on any atom is 0.299 e. The Balaban J connectivity index is 1.52. The van der Waals surface area contributed by atoms with E-state index in [0.29, 0.717) is 11.1 Å². The standard InChI is InChI=1S/C17H11FN6O4/c18-10-5-6-13(14(9-10)24(27)28)23-20-15(19-21-23)7-8-22-16(25)11-3-1-2-4-12(11)17(22)26/h1-6,9H,7-8H2. The average molecular weight is 382 g/mol. The maximum atomic E-state index is 13.3. The third-order valence-corrected chi connectivity index (χ3v) is 4.24. The van der Waals surface area contributed by atoms with Crippen molar-refractivity contribution >= 4 is 17.5 Å². The highest BCUT2D eigenvalue weighted by atomic mass is 19.1. The van der Waals surface area contributed by atoms with Crippen LogP contribution in [0.1, 0.15) is 26.5 Å². The molecule has 0 unspecified atom stereocenters. The van der Waals surface area contributed by atoms with E-state index in [4.69, 9.17) is 0 Å². The lowest BCUT2D eigenvalue weighted by molar-refractivity contribution is -0.384. The number of carbonyl (C=O) groups is 2. The number of imide groups is 1. The van der Waals surface area contributed by atoms with Gasteiger partial charge in [0.05, 0.1) is 22.1 Å². The highest BCUT2D eigenvalue weighted by Crippen LogP contribution is 2.23. The zero-order chi connectivity index (χ0) is 19.8. The molecule has 0 spiro atoms. The van der Waals surface area contributed by atoms with Crippen molar-refractivity contribution in [2.24, 2.45) is 0 Å². The Hall–Kier alpha value is -4.02. The van der Waals surface area contributed by atoms with Gasteiger partial charge >= 0.3 is 0 Å². The number of aromatic nitrogens is 4. The Bertz CT molecular complexity index is 1090. The van der Waals surface area contributed by atoms with Crippen LogP contribution in [0.3, 0.4) is 0 Å². The van der Waals surface area contributed by atoms with Crippen molar-refractivity contribution in [2.75, 3.05) is 6.54 Å². The lowest BCUT2D eigenvalue weighted by atomic mass is 10.1. The topological polar surface area (TPSA) is 124 Å². The molecule has 0 saturated carbocycles. The van der Waals surface area contributed by atoms with E-state index in [2.05, 4.69) is 15.4 Å². The van der Waals surface area contributed by atoms with Gasteiger partial charge < -0.3 is 0 Å². The molecule has 1 aliphatic rings. The van der Waals surface area contributed by atoms with Crippen molar-refractivity contribution < 1.29 is 18.9 Å². The summed E-state index contributed by atoms with van der Waals surface area (Å²) in [5.74, 6) is -1.39. The zero-order valence-electron chi connectivity index (χ0n) is 14.1. The van der Waals surface area contributed by atoms with Crippen LogP contribution in [-0.2, 0) is 6.42 Å². The second-order valence-electron chi connectivity index (χ2n) is 5.94. The van der Waals surface area contributed by atoms with Crippen LogP contribution in [0.2, 0.25) is 0 Å². The molecule has 0 atom stereocenters. The van der Waals surface area contributed by atoms with Gasteiger partial charge in [0.2, 0.25) is 0 Å². The molecule has 0 fully saturated rings. The summed E-state index contributed by atoms with van der Waals surface area (Å²) in [7, 11) is 0. The summed E-state index contributed by atoms with van der Waals surface area (Å²) in [4.78, 5) is 37.0. The van der Waals surface area contributed by atoms with Gasteiger partial charge in [-0.1, -0.05) is 12.1 Å². The van der Waals surface area contributed by atoms with Gasteiger partial charge in [0.1, 0.15) is 5.82 Å². The lowest BCUT2D eigenvalue weighted by Crippen LogP contribution is -2.32. The summed E-state index contributed by atoms with van der Waals surface area (Å²) < 4.78 is 13.3. The molecular formula is C17H11FN6O4. The first kappa shape index (κ1) is 17.4.